The summed E-state index contributed by atoms with van der Waals surface area (Å²) in [5.41, 5.74) is 6.74. The number of fused-ring (bicyclic) bond motifs is 1. The lowest BCUT2D eigenvalue weighted by molar-refractivity contribution is 0.175. The minimum atomic E-state index is -0.295. The minimum Gasteiger partial charge on any atom is -0.392 e. The van der Waals surface area contributed by atoms with E-state index in [9.17, 15) is 5.11 Å². The average Bonchev–Trinajstić information content (AvgIpc) is 2.86. The predicted octanol–water partition coefficient (Wildman–Crippen LogP) is 3.63. The third-order valence-electron chi connectivity index (χ3n) is 4.19. The summed E-state index contributed by atoms with van der Waals surface area (Å²) in [5.74, 6) is 0. The summed E-state index contributed by atoms with van der Waals surface area (Å²) in [5, 5.41) is 10.3. The fourth-order valence-electron chi connectivity index (χ4n) is 3.21. The Bertz CT molecular complexity index is 600. The highest BCUT2D eigenvalue weighted by molar-refractivity contribution is 5.35. The van der Waals surface area contributed by atoms with Crippen molar-refractivity contribution in [3.63, 3.8) is 0 Å². The van der Waals surface area contributed by atoms with E-state index >= 15 is 0 Å². The summed E-state index contributed by atoms with van der Waals surface area (Å²) < 4.78 is 0. The van der Waals surface area contributed by atoms with E-state index in [0.717, 1.165) is 12.8 Å². The molecule has 3 rings (SSSR count). The van der Waals surface area contributed by atoms with Gasteiger partial charge in [0, 0.05) is 0 Å². The Hall–Kier alpha value is -1.60. The van der Waals surface area contributed by atoms with E-state index in [1.807, 2.05) is 0 Å². The van der Waals surface area contributed by atoms with Gasteiger partial charge in [-0.05, 0) is 61.3 Å². The van der Waals surface area contributed by atoms with Crippen molar-refractivity contribution in [1.29, 1.82) is 0 Å². The normalized spacial score (nSPS) is 15.1. The van der Waals surface area contributed by atoms with Gasteiger partial charge in [-0.3, -0.25) is 0 Å². The molecule has 1 N–H and O–H groups in total. The van der Waals surface area contributed by atoms with E-state index in [1.165, 1.54) is 47.1 Å². The van der Waals surface area contributed by atoms with E-state index in [-0.39, 0.29) is 6.10 Å². The quantitative estimate of drug-likeness (QED) is 0.896. The third-order valence-corrected chi connectivity index (χ3v) is 4.19. The number of benzene rings is 2. The van der Waals surface area contributed by atoms with Crippen molar-refractivity contribution in [2.45, 2.75) is 45.1 Å². The Kier molecular flexibility index (Phi) is 3.88. The van der Waals surface area contributed by atoms with Crippen LogP contribution in [0.25, 0.3) is 0 Å². The molecule has 1 atom stereocenters. The zero-order chi connectivity index (χ0) is 13.9. The maximum Gasteiger partial charge on any atom is 0.0620 e. The SMILES string of the molecule is Cc1cccc(CC(O)Cc2ccc3c(c2)CCC3)c1. The summed E-state index contributed by atoms with van der Waals surface area (Å²) >= 11 is 0. The summed E-state index contributed by atoms with van der Waals surface area (Å²) in [4.78, 5) is 0. The van der Waals surface area contributed by atoms with Gasteiger partial charge in [0.1, 0.15) is 0 Å². The average molecular weight is 266 g/mol. The van der Waals surface area contributed by atoms with Crippen molar-refractivity contribution >= 4 is 0 Å². The first kappa shape index (κ1) is 13.4. The molecule has 1 unspecified atom stereocenters. The van der Waals surface area contributed by atoms with Gasteiger partial charge < -0.3 is 5.11 Å². The first-order valence-corrected chi connectivity index (χ1v) is 7.55. The summed E-state index contributed by atoms with van der Waals surface area (Å²) in [6.45, 7) is 2.09. The van der Waals surface area contributed by atoms with E-state index in [4.69, 9.17) is 0 Å². The van der Waals surface area contributed by atoms with Crippen LogP contribution >= 0.6 is 0 Å². The van der Waals surface area contributed by atoms with Gasteiger partial charge in [-0.1, -0.05) is 48.0 Å². The lowest BCUT2D eigenvalue weighted by atomic mass is 9.98. The Morgan fingerprint density at radius 2 is 1.70 bits per heavy atom. The summed E-state index contributed by atoms with van der Waals surface area (Å²) in [6, 6.07) is 15.1. The van der Waals surface area contributed by atoms with Gasteiger partial charge in [-0.2, -0.15) is 0 Å². The van der Waals surface area contributed by atoms with Crippen molar-refractivity contribution in [2.75, 3.05) is 0 Å². The molecule has 0 aliphatic heterocycles. The van der Waals surface area contributed by atoms with Crippen LogP contribution in [0.3, 0.4) is 0 Å². The highest BCUT2D eigenvalue weighted by atomic mass is 16.3. The zero-order valence-electron chi connectivity index (χ0n) is 12.1. The molecule has 0 amide bonds. The smallest absolute Gasteiger partial charge is 0.0620 e. The van der Waals surface area contributed by atoms with E-state index in [2.05, 4.69) is 49.4 Å². The molecule has 0 fully saturated rings. The third kappa shape index (κ3) is 3.10. The molecular weight excluding hydrogens is 244 g/mol. The second-order valence-electron chi connectivity index (χ2n) is 6.01. The second kappa shape index (κ2) is 5.80. The van der Waals surface area contributed by atoms with Crippen molar-refractivity contribution in [1.82, 2.24) is 0 Å². The molecule has 1 aliphatic rings. The summed E-state index contributed by atoms with van der Waals surface area (Å²) in [7, 11) is 0. The Morgan fingerprint density at radius 1 is 0.950 bits per heavy atom. The van der Waals surface area contributed by atoms with Gasteiger partial charge in [-0.25, -0.2) is 0 Å². The van der Waals surface area contributed by atoms with Gasteiger partial charge in [-0.15, -0.1) is 0 Å². The fourth-order valence-corrected chi connectivity index (χ4v) is 3.21. The molecule has 1 heteroatoms. The topological polar surface area (TPSA) is 20.2 Å². The first-order chi connectivity index (χ1) is 9.70. The number of aliphatic hydroxyl groups excluding tert-OH is 1. The van der Waals surface area contributed by atoms with Crippen LogP contribution in [0.5, 0.6) is 0 Å². The van der Waals surface area contributed by atoms with Gasteiger partial charge in [0.25, 0.3) is 0 Å². The monoisotopic (exact) mass is 266 g/mol. The van der Waals surface area contributed by atoms with E-state index in [0.29, 0.717) is 0 Å². The van der Waals surface area contributed by atoms with Crippen LogP contribution in [0.15, 0.2) is 42.5 Å². The van der Waals surface area contributed by atoms with Gasteiger partial charge in [0.15, 0.2) is 0 Å². The number of hydrogen-bond donors (Lipinski definition) is 1. The first-order valence-electron chi connectivity index (χ1n) is 7.55. The van der Waals surface area contributed by atoms with Crippen LogP contribution in [-0.4, -0.2) is 11.2 Å². The Morgan fingerprint density at radius 3 is 2.50 bits per heavy atom. The molecule has 0 aromatic heterocycles. The maximum absolute atomic E-state index is 10.3. The van der Waals surface area contributed by atoms with Crippen LogP contribution < -0.4 is 0 Å². The molecule has 2 aromatic rings. The van der Waals surface area contributed by atoms with Crippen LogP contribution in [0.1, 0.15) is 34.2 Å². The fraction of sp³-hybridized carbons (Fsp3) is 0.368. The molecule has 1 nitrogen and oxygen atoms in total. The van der Waals surface area contributed by atoms with E-state index < -0.39 is 0 Å². The highest BCUT2D eigenvalue weighted by Gasteiger charge is 2.13. The molecule has 0 heterocycles. The van der Waals surface area contributed by atoms with Crippen molar-refractivity contribution in [2.24, 2.45) is 0 Å². The molecule has 0 saturated heterocycles. The lowest BCUT2D eigenvalue weighted by Gasteiger charge is -2.12. The molecule has 0 saturated carbocycles. The standard InChI is InChI=1S/C19H22O/c1-14-4-2-5-15(10-14)12-19(20)13-16-8-9-17-6-3-7-18(17)11-16/h2,4-5,8-11,19-20H,3,6-7,12-13H2,1H3. The molecule has 1 aliphatic carbocycles. The Balaban J connectivity index is 1.65. The number of aliphatic hydroxyl groups is 1. The highest BCUT2D eigenvalue weighted by Crippen LogP contribution is 2.23. The van der Waals surface area contributed by atoms with Crippen LogP contribution in [0.4, 0.5) is 0 Å². The van der Waals surface area contributed by atoms with Crippen LogP contribution in [0, 0.1) is 6.92 Å². The van der Waals surface area contributed by atoms with Crippen LogP contribution in [0.2, 0.25) is 0 Å². The lowest BCUT2D eigenvalue weighted by Crippen LogP contribution is -2.14. The molecule has 0 bridgehead atoms. The number of hydrogen-bond acceptors (Lipinski definition) is 1. The molecule has 2 aromatic carbocycles. The number of aryl methyl sites for hydroxylation is 3. The molecule has 104 valence electrons. The maximum atomic E-state index is 10.3. The molecule has 0 radical (unpaired) electrons. The zero-order valence-corrected chi connectivity index (χ0v) is 12.1. The second-order valence-corrected chi connectivity index (χ2v) is 6.01. The largest absolute Gasteiger partial charge is 0.392 e. The minimum absolute atomic E-state index is 0.295. The van der Waals surface area contributed by atoms with Crippen LogP contribution in [-0.2, 0) is 25.7 Å². The number of rotatable bonds is 4. The van der Waals surface area contributed by atoms with Crippen molar-refractivity contribution < 1.29 is 5.11 Å². The molecule has 0 spiro atoms. The molecular formula is C19H22O. The summed E-state index contributed by atoms with van der Waals surface area (Å²) in [6.07, 6.45) is 4.90. The van der Waals surface area contributed by atoms with E-state index in [1.54, 1.807) is 0 Å². The molecule has 20 heavy (non-hydrogen) atoms. The van der Waals surface area contributed by atoms with Gasteiger partial charge in [0.2, 0.25) is 0 Å². The van der Waals surface area contributed by atoms with Gasteiger partial charge in [0.05, 0.1) is 6.10 Å². The Labute approximate surface area is 121 Å². The van der Waals surface area contributed by atoms with Gasteiger partial charge >= 0.3 is 0 Å². The van der Waals surface area contributed by atoms with Crippen molar-refractivity contribution in [3.05, 3.63) is 70.3 Å². The van der Waals surface area contributed by atoms with Crippen molar-refractivity contribution in [3.8, 4) is 0 Å². The predicted molar refractivity (Wildman–Crippen MR) is 83.1 cm³/mol.